The third-order valence-corrected chi connectivity index (χ3v) is 9.97. The van der Waals surface area contributed by atoms with Crippen molar-refractivity contribution in [2.24, 2.45) is 0 Å². The molecule has 1 atom stereocenters. The Hall–Kier alpha value is -3.49. The normalized spacial score (nSPS) is 16.4. The highest BCUT2D eigenvalue weighted by molar-refractivity contribution is 7.91. The lowest BCUT2D eigenvalue weighted by atomic mass is 10.1. The molecule has 0 bridgehead atoms. The second-order valence-corrected chi connectivity index (χ2v) is 12.6. The molecule has 11 nitrogen and oxygen atoms in total. The van der Waals surface area contributed by atoms with E-state index < -0.39 is 27.9 Å². The van der Waals surface area contributed by atoms with E-state index in [1.54, 1.807) is 42.6 Å². The third kappa shape index (κ3) is 5.63. The predicted molar refractivity (Wildman–Crippen MR) is 146 cm³/mol. The number of amides is 2. The van der Waals surface area contributed by atoms with E-state index in [4.69, 9.17) is 11.6 Å². The van der Waals surface area contributed by atoms with Crippen molar-refractivity contribution < 1.29 is 18.0 Å². The van der Waals surface area contributed by atoms with Crippen molar-refractivity contribution in [3.05, 3.63) is 77.1 Å². The maximum absolute atomic E-state index is 13.5. The van der Waals surface area contributed by atoms with Crippen LogP contribution in [0.25, 0.3) is 21.3 Å². The van der Waals surface area contributed by atoms with Crippen molar-refractivity contribution in [3.8, 4) is 11.3 Å². The molecule has 4 heterocycles. The standard InChI is InChI=1S/C25H22ClN6O5S2/c1-30(35)22(33)12-19-15-31(39(36,37)23-10-16-5-6-18(26)11-21(16)38-23)8-9-32(19)25(34)24-28-13-17(14-29-24)20-4-2-3-7-27-20/h2-7,10-11,13-14,19H,8-9,12,15H2,1H3/q-1. The summed E-state index contributed by atoms with van der Waals surface area (Å²) in [5, 5.41) is 13.1. The SMILES string of the molecule is CN([O-])C(=O)CC1CN(S(=O)(=O)c2cc3ccc(Cl)cc3s2)CCN1C(=O)c1ncc(-c2ccccn2)cn1. The molecule has 14 heteroatoms. The zero-order valence-electron chi connectivity index (χ0n) is 20.6. The van der Waals surface area contributed by atoms with Crippen LogP contribution in [0.4, 0.5) is 0 Å². The van der Waals surface area contributed by atoms with Gasteiger partial charge in [0.05, 0.1) is 11.7 Å². The van der Waals surface area contributed by atoms with E-state index in [1.165, 1.54) is 21.6 Å². The minimum atomic E-state index is -3.95. The number of sulfonamides is 1. The highest BCUT2D eigenvalue weighted by Crippen LogP contribution is 2.33. The smallest absolute Gasteiger partial charge is 0.292 e. The van der Waals surface area contributed by atoms with Crippen molar-refractivity contribution in [2.75, 3.05) is 26.7 Å². The molecule has 0 radical (unpaired) electrons. The van der Waals surface area contributed by atoms with E-state index in [1.807, 2.05) is 6.07 Å². The van der Waals surface area contributed by atoms with Gasteiger partial charge in [-0.25, -0.2) is 18.4 Å². The van der Waals surface area contributed by atoms with Crippen LogP contribution in [0.3, 0.4) is 0 Å². The van der Waals surface area contributed by atoms with E-state index >= 15 is 0 Å². The molecule has 1 unspecified atom stereocenters. The number of fused-ring (bicyclic) bond motifs is 1. The number of hydroxylamine groups is 2. The van der Waals surface area contributed by atoms with Crippen molar-refractivity contribution in [3.63, 3.8) is 0 Å². The molecule has 202 valence electrons. The minimum Gasteiger partial charge on any atom is -0.756 e. The third-order valence-electron chi connectivity index (χ3n) is 6.33. The number of benzene rings is 1. The first kappa shape index (κ1) is 27.1. The summed E-state index contributed by atoms with van der Waals surface area (Å²) in [6, 6.07) is 11.2. The maximum atomic E-state index is 13.5. The first-order valence-electron chi connectivity index (χ1n) is 11.8. The molecule has 3 aromatic heterocycles. The van der Waals surface area contributed by atoms with Gasteiger partial charge in [0.2, 0.25) is 11.7 Å². The van der Waals surface area contributed by atoms with E-state index in [9.17, 15) is 23.2 Å². The van der Waals surface area contributed by atoms with Crippen LogP contribution in [0, 0.1) is 5.21 Å². The molecule has 0 spiro atoms. The quantitative estimate of drug-likeness (QED) is 0.314. The number of halogens is 1. The summed E-state index contributed by atoms with van der Waals surface area (Å²) in [4.78, 5) is 39.7. The maximum Gasteiger partial charge on any atom is 0.292 e. The molecule has 1 aliphatic rings. The summed E-state index contributed by atoms with van der Waals surface area (Å²) in [6.07, 6.45) is 4.22. The van der Waals surface area contributed by atoms with Crippen LogP contribution < -0.4 is 0 Å². The Morgan fingerprint density at radius 1 is 1.13 bits per heavy atom. The van der Waals surface area contributed by atoms with Crippen LogP contribution in [0.5, 0.6) is 0 Å². The Morgan fingerprint density at radius 2 is 1.90 bits per heavy atom. The lowest BCUT2D eigenvalue weighted by Gasteiger charge is -2.40. The number of rotatable bonds is 6. The number of hydrogen-bond acceptors (Lipinski definition) is 9. The van der Waals surface area contributed by atoms with Crippen molar-refractivity contribution in [1.29, 1.82) is 0 Å². The van der Waals surface area contributed by atoms with Crippen LogP contribution in [0.15, 0.2) is 65.3 Å². The molecule has 1 fully saturated rings. The summed E-state index contributed by atoms with van der Waals surface area (Å²) >= 11 is 7.15. The molecule has 4 aromatic rings. The molecule has 39 heavy (non-hydrogen) atoms. The number of hydrogen-bond donors (Lipinski definition) is 0. The van der Waals surface area contributed by atoms with Gasteiger partial charge in [-0.15, -0.1) is 11.3 Å². The topological polar surface area (TPSA) is 140 Å². The van der Waals surface area contributed by atoms with E-state index in [0.717, 1.165) is 28.5 Å². The van der Waals surface area contributed by atoms with Gasteiger partial charge in [0.1, 0.15) is 4.21 Å². The molecular formula is C25H22ClN6O5S2-. The molecule has 0 N–H and O–H groups in total. The van der Waals surface area contributed by atoms with Gasteiger partial charge >= 0.3 is 0 Å². The van der Waals surface area contributed by atoms with Gasteiger partial charge in [0.15, 0.2) is 0 Å². The number of carbonyl (C=O) groups excluding carboxylic acids is 2. The highest BCUT2D eigenvalue weighted by Gasteiger charge is 2.39. The lowest BCUT2D eigenvalue weighted by molar-refractivity contribution is -0.129. The van der Waals surface area contributed by atoms with E-state index in [0.29, 0.717) is 16.3 Å². The average Bonchev–Trinajstić information content (AvgIpc) is 3.37. The van der Waals surface area contributed by atoms with Gasteiger partial charge in [0, 0.05) is 59.9 Å². The molecule has 1 aliphatic heterocycles. The van der Waals surface area contributed by atoms with Crippen molar-refractivity contribution in [1.82, 2.24) is 29.2 Å². The first-order valence-corrected chi connectivity index (χ1v) is 14.4. The molecule has 0 aliphatic carbocycles. The number of aromatic nitrogens is 3. The second kappa shape index (κ2) is 10.9. The Morgan fingerprint density at radius 3 is 2.59 bits per heavy atom. The first-order chi connectivity index (χ1) is 18.6. The number of piperazine rings is 1. The zero-order valence-corrected chi connectivity index (χ0v) is 23.0. The van der Waals surface area contributed by atoms with Gasteiger partial charge < -0.3 is 15.2 Å². The molecule has 0 saturated carbocycles. The number of thiophene rings is 1. The summed E-state index contributed by atoms with van der Waals surface area (Å²) < 4.78 is 29.2. The predicted octanol–water partition coefficient (Wildman–Crippen LogP) is 3.27. The fourth-order valence-corrected chi connectivity index (χ4v) is 7.58. The van der Waals surface area contributed by atoms with Crippen molar-refractivity contribution in [2.45, 2.75) is 16.7 Å². The second-order valence-electron chi connectivity index (χ2n) is 8.87. The fourth-order valence-electron chi connectivity index (χ4n) is 4.28. The van der Waals surface area contributed by atoms with Crippen LogP contribution in [0.2, 0.25) is 5.02 Å². The summed E-state index contributed by atoms with van der Waals surface area (Å²) in [5.41, 5.74) is 1.26. The Kier molecular flexibility index (Phi) is 7.60. The number of pyridine rings is 1. The highest BCUT2D eigenvalue weighted by atomic mass is 35.5. The minimum absolute atomic E-state index is 0.00695. The van der Waals surface area contributed by atoms with Gasteiger partial charge in [-0.05, 0) is 42.8 Å². The molecule has 1 aromatic carbocycles. The molecule has 1 saturated heterocycles. The van der Waals surface area contributed by atoms with Gasteiger partial charge in [-0.3, -0.25) is 14.6 Å². The van der Waals surface area contributed by atoms with E-state index in [-0.39, 0.29) is 41.2 Å². The van der Waals surface area contributed by atoms with Crippen LogP contribution in [-0.2, 0) is 14.8 Å². The number of carbonyl (C=O) groups is 2. The monoisotopic (exact) mass is 585 g/mol. The fraction of sp³-hybridized carbons (Fsp3) is 0.240. The molecular weight excluding hydrogens is 564 g/mol. The van der Waals surface area contributed by atoms with Crippen LogP contribution in [0.1, 0.15) is 17.0 Å². The summed E-state index contributed by atoms with van der Waals surface area (Å²) in [7, 11) is -2.88. The Labute approximate surface area is 233 Å². The number of nitrogens with zero attached hydrogens (tertiary/aromatic N) is 6. The Bertz CT molecular complexity index is 1630. The van der Waals surface area contributed by atoms with E-state index in [2.05, 4.69) is 15.0 Å². The summed E-state index contributed by atoms with van der Waals surface area (Å²) in [6.45, 7) is -0.192. The van der Waals surface area contributed by atoms with Crippen molar-refractivity contribution >= 4 is 54.9 Å². The molecule has 5 rings (SSSR count). The molecule has 2 amide bonds. The Balaban J connectivity index is 1.40. The zero-order chi connectivity index (χ0) is 27.7. The van der Waals surface area contributed by atoms with Crippen LogP contribution in [-0.4, -0.2) is 82.2 Å². The largest absolute Gasteiger partial charge is 0.756 e. The summed E-state index contributed by atoms with van der Waals surface area (Å²) in [5.74, 6) is -1.46. The van der Waals surface area contributed by atoms with Gasteiger partial charge in [0.25, 0.3) is 15.9 Å². The van der Waals surface area contributed by atoms with Crippen LogP contribution >= 0.6 is 22.9 Å². The average molecular weight is 586 g/mol. The lowest BCUT2D eigenvalue weighted by Crippen LogP contribution is -2.57. The van der Waals surface area contributed by atoms with Gasteiger partial charge in [-0.2, -0.15) is 4.31 Å². The van der Waals surface area contributed by atoms with Gasteiger partial charge in [-0.1, -0.05) is 23.7 Å².